The summed E-state index contributed by atoms with van der Waals surface area (Å²) in [5.74, 6) is 0.342. The summed E-state index contributed by atoms with van der Waals surface area (Å²) in [5.41, 5.74) is 2.74. The first-order valence-electron chi connectivity index (χ1n) is 11.2. The second-order valence-corrected chi connectivity index (χ2v) is 13.1. The van der Waals surface area contributed by atoms with Crippen molar-refractivity contribution in [3.8, 4) is 0 Å². The van der Waals surface area contributed by atoms with E-state index in [9.17, 15) is 16.8 Å². The van der Waals surface area contributed by atoms with E-state index in [1.54, 1.807) is 4.31 Å². The van der Waals surface area contributed by atoms with Crippen LogP contribution in [0, 0.1) is 5.92 Å². The summed E-state index contributed by atoms with van der Waals surface area (Å²) in [4.78, 5) is 2.55. The summed E-state index contributed by atoms with van der Waals surface area (Å²) in [5, 5.41) is 0. The van der Waals surface area contributed by atoms with Crippen LogP contribution in [-0.4, -0.2) is 82.4 Å². The summed E-state index contributed by atoms with van der Waals surface area (Å²) in [6, 6.07) is 8.88. The highest BCUT2D eigenvalue weighted by atomic mass is 32.2. The first-order chi connectivity index (χ1) is 14.7. The van der Waals surface area contributed by atoms with Gasteiger partial charge in [-0.2, -0.15) is 17.0 Å². The molecule has 0 aliphatic carbocycles. The Morgan fingerprint density at radius 3 is 2.68 bits per heavy atom. The van der Waals surface area contributed by atoms with Gasteiger partial charge in [0.25, 0.3) is 10.2 Å². The maximum absolute atomic E-state index is 13.2. The smallest absolute Gasteiger partial charge is 0.278 e. The van der Waals surface area contributed by atoms with Crippen molar-refractivity contribution < 1.29 is 16.8 Å². The minimum absolute atomic E-state index is 0.0306. The molecule has 0 spiro atoms. The molecule has 0 amide bonds. The monoisotopic (exact) mass is 470 g/mol. The van der Waals surface area contributed by atoms with Gasteiger partial charge in [0, 0.05) is 52.4 Å². The minimum Gasteiger partial charge on any atom is -0.296 e. The molecular weight excluding hydrogens is 436 g/mol. The summed E-state index contributed by atoms with van der Waals surface area (Å²) >= 11 is 0. The molecule has 1 aromatic rings. The van der Waals surface area contributed by atoms with Crippen LogP contribution in [0.3, 0.4) is 0 Å². The summed E-state index contributed by atoms with van der Waals surface area (Å²) in [6.45, 7) is 2.69. The van der Waals surface area contributed by atoms with Gasteiger partial charge < -0.3 is 0 Å². The van der Waals surface area contributed by atoms with Crippen molar-refractivity contribution in [1.29, 1.82) is 0 Å². The van der Waals surface area contributed by atoms with Crippen LogP contribution in [0.5, 0.6) is 0 Å². The Morgan fingerprint density at radius 2 is 1.90 bits per heavy atom. The van der Waals surface area contributed by atoms with Crippen molar-refractivity contribution >= 4 is 20.2 Å². The van der Waals surface area contributed by atoms with Crippen molar-refractivity contribution in [3.05, 3.63) is 35.4 Å². The molecule has 2 fully saturated rings. The summed E-state index contributed by atoms with van der Waals surface area (Å²) < 4.78 is 55.4. The Bertz CT molecular complexity index is 996. The highest BCUT2D eigenvalue weighted by molar-refractivity contribution is 7.89. The second kappa shape index (κ2) is 9.07. The molecule has 0 aromatic heterocycles. The van der Waals surface area contributed by atoms with Crippen LogP contribution in [0.1, 0.15) is 42.9 Å². The Morgan fingerprint density at radius 1 is 1.13 bits per heavy atom. The number of nitrogens with zero attached hydrogens (tertiary/aromatic N) is 3. The van der Waals surface area contributed by atoms with Crippen molar-refractivity contribution in [3.63, 3.8) is 0 Å². The lowest BCUT2D eigenvalue weighted by Gasteiger charge is -2.51. The van der Waals surface area contributed by atoms with Crippen LogP contribution in [0.15, 0.2) is 24.3 Å². The fourth-order valence-electron chi connectivity index (χ4n) is 5.40. The topological polar surface area (TPSA) is 90.0 Å². The van der Waals surface area contributed by atoms with E-state index >= 15 is 0 Å². The molecular formula is C21H34N4O4S2. The number of fused-ring (bicyclic) bond motifs is 4. The average Bonchev–Trinajstić information content (AvgIpc) is 2.74. The van der Waals surface area contributed by atoms with E-state index in [0.717, 1.165) is 43.1 Å². The molecule has 2 saturated heterocycles. The predicted octanol–water partition coefficient (Wildman–Crippen LogP) is 1.19. The lowest BCUT2D eigenvalue weighted by molar-refractivity contribution is 0.0220. The number of benzene rings is 1. The number of nitrogens with one attached hydrogen (secondary N) is 1. The predicted molar refractivity (Wildman–Crippen MR) is 121 cm³/mol. The van der Waals surface area contributed by atoms with E-state index in [1.165, 1.54) is 25.2 Å². The van der Waals surface area contributed by atoms with Crippen molar-refractivity contribution in [1.82, 2.24) is 18.2 Å². The van der Waals surface area contributed by atoms with E-state index < -0.39 is 20.2 Å². The normalized spacial score (nSPS) is 27.5. The maximum atomic E-state index is 13.2. The molecule has 10 heteroatoms. The molecule has 31 heavy (non-hydrogen) atoms. The SMILES string of the molecule is CN(C)S(=O)(=O)NCCCS(=O)(=O)N1CCC[C@H]2CN3CCc4ccccc4[C@@H]3C[C@H]21. The Labute approximate surface area is 186 Å². The highest BCUT2D eigenvalue weighted by Crippen LogP contribution is 2.43. The van der Waals surface area contributed by atoms with Gasteiger partial charge >= 0.3 is 0 Å². The van der Waals surface area contributed by atoms with Crippen LogP contribution in [0.4, 0.5) is 0 Å². The summed E-state index contributed by atoms with van der Waals surface area (Å²) in [6.07, 6.45) is 4.14. The number of sulfonamides is 1. The fraction of sp³-hybridized carbons (Fsp3) is 0.714. The Hall–Kier alpha value is -1.04. The van der Waals surface area contributed by atoms with Gasteiger partial charge in [-0.15, -0.1) is 0 Å². The molecule has 3 aliphatic rings. The highest BCUT2D eigenvalue weighted by Gasteiger charge is 2.45. The van der Waals surface area contributed by atoms with E-state index in [1.807, 2.05) is 0 Å². The van der Waals surface area contributed by atoms with Crippen molar-refractivity contribution in [2.24, 2.45) is 5.92 Å². The average molecular weight is 471 g/mol. The van der Waals surface area contributed by atoms with Gasteiger partial charge in [0.2, 0.25) is 10.0 Å². The fourth-order valence-corrected chi connectivity index (χ4v) is 7.88. The van der Waals surface area contributed by atoms with Crippen LogP contribution in [-0.2, 0) is 26.7 Å². The van der Waals surface area contributed by atoms with E-state index in [0.29, 0.717) is 12.5 Å². The second-order valence-electron chi connectivity index (χ2n) is 9.13. The molecule has 1 aromatic carbocycles. The number of hydrogen-bond donors (Lipinski definition) is 1. The summed E-state index contributed by atoms with van der Waals surface area (Å²) in [7, 11) is -4.08. The van der Waals surface area contributed by atoms with E-state index in [-0.39, 0.29) is 30.8 Å². The molecule has 0 saturated carbocycles. The molecule has 1 N–H and O–H groups in total. The van der Waals surface area contributed by atoms with Crippen molar-refractivity contribution in [2.45, 2.75) is 44.2 Å². The number of piperidine rings is 2. The third-order valence-electron chi connectivity index (χ3n) is 7.03. The van der Waals surface area contributed by atoms with Gasteiger partial charge in [0.15, 0.2) is 0 Å². The molecule has 174 valence electrons. The molecule has 3 aliphatic heterocycles. The number of rotatable bonds is 7. The van der Waals surface area contributed by atoms with Crippen LogP contribution >= 0.6 is 0 Å². The Balaban J connectivity index is 1.44. The molecule has 4 rings (SSSR count). The zero-order chi connectivity index (χ0) is 22.2. The first kappa shape index (κ1) is 23.1. The Kier molecular flexibility index (Phi) is 6.77. The van der Waals surface area contributed by atoms with Crippen LogP contribution < -0.4 is 4.72 Å². The zero-order valence-corrected chi connectivity index (χ0v) is 20.0. The molecule has 8 nitrogen and oxygen atoms in total. The van der Waals surface area contributed by atoms with Gasteiger partial charge in [-0.1, -0.05) is 24.3 Å². The minimum atomic E-state index is -3.53. The standard InChI is InChI=1S/C21H34N4O4S2/c1-23(2)31(28,29)22-11-6-14-30(26,27)25-12-5-8-18-16-24-13-10-17-7-3-4-9-19(17)21(24)15-20(18)25/h3-4,7,9,18,20-22H,5-6,8,10-16H2,1-2H3/t18-,20+,21-/m0/s1. The molecule has 0 bridgehead atoms. The lowest BCUT2D eigenvalue weighted by Crippen LogP contribution is -2.57. The quantitative estimate of drug-likeness (QED) is 0.605. The maximum Gasteiger partial charge on any atom is 0.278 e. The molecule has 3 heterocycles. The van der Waals surface area contributed by atoms with Crippen LogP contribution in [0.2, 0.25) is 0 Å². The molecule has 0 unspecified atom stereocenters. The van der Waals surface area contributed by atoms with E-state index in [4.69, 9.17) is 0 Å². The zero-order valence-electron chi connectivity index (χ0n) is 18.4. The largest absolute Gasteiger partial charge is 0.296 e. The van der Waals surface area contributed by atoms with Gasteiger partial charge in [-0.3, -0.25) is 4.90 Å². The van der Waals surface area contributed by atoms with Gasteiger partial charge in [-0.25, -0.2) is 13.1 Å². The third kappa shape index (κ3) is 4.84. The third-order valence-corrected chi connectivity index (χ3v) is 10.5. The van der Waals surface area contributed by atoms with Crippen LogP contribution in [0.25, 0.3) is 0 Å². The molecule has 0 radical (unpaired) electrons. The first-order valence-corrected chi connectivity index (χ1v) is 14.2. The lowest BCUT2D eigenvalue weighted by atomic mass is 9.77. The van der Waals surface area contributed by atoms with Gasteiger partial charge in [0.05, 0.1) is 5.75 Å². The van der Waals surface area contributed by atoms with Crippen molar-refractivity contribution in [2.75, 3.05) is 46.0 Å². The molecule has 3 atom stereocenters. The van der Waals surface area contributed by atoms with E-state index in [2.05, 4.69) is 33.9 Å². The number of hydrogen-bond acceptors (Lipinski definition) is 5. The van der Waals surface area contributed by atoms with Gasteiger partial charge in [-0.05, 0) is 49.1 Å². The van der Waals surface area contributed by atoms with Gasteiger partial charge in [0.1, 0.15) is 0 Å².